The molecule has 2 heterocycles. The molecule has 2 N–H and O–H groups in total. The van der Waals surface area contributed by atoms with Gasteiger partial charge in [0.25, 0.3) is 0 Å². The molecule has 0 saturated carbocycles. The van der Waals surface area contributed by atoms with Crippen molar-refractivity contribution < 1.29 is 4.79 Å². The molecule has 0 radical (unpaired) electrons. The highest BCUT2D eigenvalue weighted by Gasteiger charge is 2.36. The minimum absolute atomic E-state index is 0.0698. The first-order valence-corrected chi connectivity index (χ1v) is 7.63. The second kappa shape index (κ2) is 5.80. The number of carbonyl (C=O) groups is 1. The molecule has 2 saturated heterocycles. The van der Waals surface area contributed by atoms with Gasteiger partial charge in [-0.2, -0.15) is 0 Å². The van der Waals surface area contributed by atoms with E-state index in [-0.39, 0.29) is 6.03 Å². The first kappa shape index (κ1) is 14.0. The van der Waals surface area contributed by atoms with E-state index in [1.165, 1.54) is 12.8 Å². The zero-order valence-corrected chi connectivity index (χ0v) is 12.5. The summed E-state index contributed by atoms with van der Waals surface area (Å²) < 4.78 is 0. The molecule has 20 heavy (non-hydrogen) atoms. The van der Waals surface area contributed by atoms with E-state index >= 15 is 0 Å². The Labute approximate surface area is 128 Å². The third-order valence-corrected chi connectivity index (χ3v) is 4.80. The van der Waals surface area contributed by atoms with Crippen LogP contribution in [0.1, 0.15) is 12.8 Å². The monoisotopic (exact) mass is 313 g/mol. The van der Waals surface area contributed by atoms with E-state index in [2.05, 4.69) is 10.6 Å². The molecule has 2 atom stereocenters. The number of urea groups is 1. The number of amides is 2. The number of hydrogen-bond donors (Lipinski definition) is 2. The average molecular weight is 314 g/mol. The van der Waals surface area contributed by atoms with Crippen molar-refractivity contribution in [1.29, 1.82) is 0 Å². The Hall–Kier alpha value is -0.970. The number of nitrogens with zero attached hydrogens (tertiary/aromatic N) is 1. The molecule has 6 heteroatoms. The molecule has 0 aliphatic carbocycles. The predicted molar refractivity (Wildman–Crippen MR) is 81.6 cm³/mol. The van der Waals surface area contributed by atoms with Gasteiger partial charge < -0.3 is 15.5 Å². The highest BCUT2D eigenvalue weighted by Crippen LogP contribution is 2.27. The fourth-order valence-electron chi connectivity index (χ4n) is 2.99. The molecule has 0 spiro atoms. The van der Waals surface area contributed by atoms with Crippen molar-refractivity contribution >= 4 is 34.9 Å². The Morgan fingerprint density at radius 2 is 2.15 bits per heavy atom. The van der Waals surface area contributed by atoms with E-state index in [4.69, 9.17) is 23.2 Å². The van der Waals surface area contributed by atoms with Gasteiger partial charge in [-0.25, -0.2) is 4.79 Å². The lowest BCUT2D eigenvalue weighted by Crippen LogP contribution is -2.41. The van der Waals surface area contributed by atoms with Gasteiger partial charge in [-0.15, -0.1) is 0 Å². The Balaban J connectivity index is 1.63. The summed E-state index contributed by atoms with van der Waals surface area (Å²) in [7, 11) is 0. The van der Waals surface area contributed by atoms with Crippen LogP contribution >= 0.6 is 23.2 Å². The van der Waals surface area contributed by atoms with Gasteiger partial charge in [-0.05, 0) is 43.5 Å². The van der Waals surface area contributed by atoms with Crippen molar-refractivity contribution in [3.63, 3.8) is 0 Å². The number of carbonyl (C=O) groups excluding carboxylic acids is 1. The van der Waals surface area contributed by atoms with Gasteiger partial charge >= 0.3 is 6.03 Å². The second-order valence-electron chi connectivity index (χ2n) is 5.43. The zero-order chi connectivity index (χ0) is 14.1. The molecule has 2 aliphatic rings. The lowest BCUT2D eigenvalue weighted by molar-refractivity contribution is 0.220. The lowest BCUT2D eigenvalue weighted by Gasteiger charge is -2.24. The topological polar surface area (TPSA) is 44.4 Å². The van der Waals surface area contributed by atoms with Crippen LogP contribution in [0, 0.1) is 5.92 Å². The molecular formula is C14H17Cl2N3O. The quantitative estimate of drug-likeness (QED) is 0.836. The molecule has 1 aromatic carbocycles. The summed E-state index contributed by atoms with van der Waals surface area (Å²) in [5.41, 5.74) is 0.673. The molecule has 2 fully saturated rings. The summed E-state index contributed by atoms with van der Waals surface area (Å²) in [5, 5.41) is 7.30. The highest BCUT2D eigenvalue weighted by molar-refractivity contribution is 6.42. The number of nitrogens with one attached hydrogen (secondary N) is 2. The molecule has 1 aromatic rings. The van der Waals surface area contributed by atoms with Crippen molar-refractivity contribution in [3.05, 3.63) is 28.2 Å². The summed E-state index contributed by atoms with van der Waals surface area (Å²) in [4.78, 5) is 14.1. The van der Waals surface area contributed by atoms with Crippen LogP contribution in [-0.4, -0.2) is 36.6 Å². The summed E-state index contributed by atoms with van der Waals surface area (Å²) in [6.07, 6.45) is 2.40. The number of hydrogen-bond acceptors (Lipinski definition) is 2. The van der Waals surface area contributed by atoms with Crippen molar-refractivity contribution in [2.75, 3.05) is 25.0 Å². The summed E-state index contributed by atoms with van der Waals surface area (Å²) in [6, 6.07) is 5.49. The molecule has 4 nitrogen and oxygen atoms in total. The molecule has 0 aromatic heterocycles. The third-order valence-electron chi connectivity index (χ3n) is 4.06. The standard InChI is InChI=1S/C14H17Cl2N3O/c15-11-4-3-10(6-12(11)16)18-14(20)19-7-9-2-1-5-17-13(9)8-19/h3-4,6,9,13,17H,1-2,5,7-8H2,(H,18,20)/t9-,13+/m0/s1. The van der Waals surface area contributed by atoms with Crippen LogP contribution in [-0.2, 0) is 0 Å². The third kappa shape index (κ3) is 2.87. The van der Waals surface area contributed by atoms with E-state index in [0.29, 0.717) is 27.7 Å². The van der Waals surface area contributed by atoms with E-state index in [1.807, 2.05) is 4.90 Å². The van der Waals surface area contributed by atoms with Crippen LogP contribution in [0.25, 0.3) is 0 Å². The van der Waals surface area contributed by atoms with E-state index in [1.54, 1.807) is 18.2 Å². The minimum Gasteiger partial charge on any atom is -0.323 e. The first-order valence-electron chi connectivity index (χ1n) is 6.88. The van der Waals surface area contributed by atoms with Gasteiger partial charge in [0.2, 0.25) is 0 Å². The maximum atomic E-state index is 12.3. The van der Waals surface area contributed by atoms with Gasteiger partial charge in [0, 0.05) is 24.8 Å². The number of fused-ring (bicyclic) bond motifs is 1. The number of halogens is 2. The maximum absolute atomic E-state index is 12.3. The van der Waals surface area contributed by atoms with E-state index in [0.717, 1.165) is 19.6 Å². The van der Waals surface area contributed by atoms with Crippen LogP contribution in [0.15, 0.2) is 18.2 Å². The predicted octanol–water partition coefficient (Wildman–Crippen LogP) is 3.21. The maximum Gasteiger partial charge on any atom is 0.321 e. The van der Waals surface area contributed by atoms with Crippen LogP contribution in [0.4, 0.5) is 10.5 Å². The van der Waals surface area contributed by atoms with Gasteiger partial charge in [-0.1, -0.05) is 23.2 Å². The Kier molecular flexibility index (Phi) is 4.06. The molecule has 2 amide bonds. The van der Waals surface area contributed by atoms with Gasteiger partial charge in [0.1, 0.15) is 0 Å². The van der Waals surface area contributed by atoms with E-state index < -0.39 is 0 Å². The first-order chi connectivity index (χ1) is 9.63. The molecule has 0 unspecified atom stereocenters. The second-order valence-corrected chi connectivity index (χ2v) is 6.24. The number of rotatable bonds is 1. The largest absolute Gasteiger partial charge is 0.323 e. The summed E-state index contributed by atoms with van der Waals surface area (Å²) in [6.45, 7) is 2.66. The fraction of sp³-hybridized carbons (Fsp3) is 0.500. The molecule has 3 rings (SSSR count). The van der Waals surface area contributed by atoms with Crippen molar-refractivity contribution in [2.24, 2.45) is 5.92 Å². The highest BCUT2D eigenvalue weighted by atomic mass is 35.5. The zero-order valence-electron chi connectivity index (χ0n) is 11.0. The van der Waals surface area contributed by atoms with Crippen molar-refractivity contribution in [1.82, 2.24) is 10.2 Å². The molecular weight excluding hydrogens is 297 g/mol. The lowest BCUT2D eigenvalue weighted by atomic mass is 9.94. The average Bonchev–Trinajstić information content (AvgIpc) is 2.87. The van der Waals surface area contributed by atoms with Crippen molar-refractivity contribution in [3.8, 4) is 0 Å². The molecule has 108 valence electrons. The Bertz CT molecular complexity index is 509. The van der Waals surface area contributed by atoms with Gasteiger partial charge in [-0.3, -0.25) is 0 Å². The summed E-state index contributed by atoms with van der Waals surface area (Å²) >= 11 is 11.8. The number of benzene rings is 1. The van der Waals surface area contributed by atoms with Gasteiger partial charge in [0.15, 0.2) is 0 Å². The normalized spacial score (nSPS) is 25.4. The van der Waals surface area contributed by atoms with Gasteiger partial charge in [0.05, 0.1) is 10.0 Å². The van der Waals surface area contributed by atoms with Crippen LogP contribution in [0.3, 0.4) is 0 Å². The number of piperidine rings is 1. The van der Waals surface area contributed by atoms with Crippen LogP contribution < -0.4 is 10.6 Å². The number of likely N-dealkylation sites (tertiary alicyclic amines) is 1. The number of anilines is 1. The fourth-order valence-corrected chi connectivity index (χ4v) is 3.29. The van der Waals surface area contributed by atoms with Crippen LogP contribution in [0.5, 0.6) is 0 Å². The van der Waals surface area contributed by atoms with Crippen LogP contribution in [0.2, 0.25) is 10.0 Å². The molecule has 0 bridgehead atoms. The molecule has 2 aliphatic heterocycles. The summed E-state index contributed by atoms with van der Waals surface area (Å²) in [5.74, 6) is 0.586. The van der Waals surface area contributed by atoms with E-state index in [9.17, 15) is 4.79 Å². The Morgan fingerprint density at radius 1 is 1.30 bits per heavy atom. The smallest absolute Gasteiger partial charge is 0.321 e. The van der Waals surface area contributed by atoms with Crippen molar-refractivity contribution in [2.45, 2.75) is 18.9 Å². The SMILES string of the molecule is O=C(Nc1ccc(Cl)c(Cl)c1)N1C[C@@H]2CCCN[C@@H]2C1. The minimum atomic E-state index is -0.0698. The Morgan fingerprint density at radius 3 is 2.90 bits per heavy atom.